The van der Waals surface area contributed by atoms with Gasteiger partial charge in [0, 0.05) is 0 Å². The van der Waals surface area contributed by atoms with Gasteiger partial charge >= 0.3 is 0 Å². The van der Waals surface area contributed by atoms with Gasteiger partial charge in [-0.25, -0.2) is 4.39 Å². The molecule has 14 heavy (non-hydrogen) atoms. The first-order valence-electron chi connectivity index (χ1n) is 4.19. The minimum atomic E-state index is -0.748. The number of rotatable bonds is 2. The van der Waals surface area contributed by atoms with Crippen LogP contribution in [-0.4, -0.2) is 11.2 Å². The Balaban J connectivity index is 3.04. The first-order valence-corrected chi connectivity index (χ1v) is 4.19. The van der Waals surface area contributed by atoms with Crippen LogP contribution in [0.1, 0.15) is 24.1 Å². The Morgan fingerprint density at radius 3 is 2.64 bits per heavy atom. The van der Waals surface area contributed by atoms with Crippen molar-refractivity contribution in [3.8, 4) is 6.07 Å². The molecule has 0 saturated heterocycles. The lowest BCUT2D eigenvalue weighted by Crippen LogP contribution is -2.23. The summed E-state index contributed by atoms with van der Waals surface area (Å²) in [6.45, 7) is 1.53. The van der Waals surface area contributed by atoms with Crippen molar-refractivity contribution in [1.29, 1.82) is 5.26 Å². The highest BCUT2D eigenvalue weighted by Crippen LogP contribution is 2.17. The second kappa shape index (κ2) is 4.18. The van der Waals surface area contributed by atoms with Gasteiger partial charge in [0.25, 0.3) is 0 Å². The van der Waals surface area contributed by atoms with Crippen LogP contribution in [0.4, 0.5) is 4.39 Å². The maximum atomic E-state index is 13.1. The SMILES string of the molecule is C[C@@H](O)[C@@H](N)c1ccc(C#N)c(F)c1. The van der Waals surface area contributed by atoms with E-state index in [9.17, 15) is 9.50 Å². The van der Waals surface area contributed by atoms with Crippen molar-refractivity contribution in [1.82, 2.24) is 0 Å². The third-order valence-corrected chi connectivity index (χ3v) is 2.02. The van der Waals surface area contributed by atoms with Gasteiger partial charge in [0.15, 0.2) is 0 Å². The van der Waals surface area contributed by atoms with Crippen molar-refractivity contribution in [2.75, 3.05) is 0 Å². The lowest BCUT2D eigenvalue weighted by molar-refractivity contribution is 0.164. The number of hydrogen-bond acceptors (Lipinski definition) is 3. The van der Waals surface area contributed by atoms with Crippen LogP contribution in [0.15, 0.2) is 18.2 Å². The van der Waals surface area contributed by atoms with Crippen molar-refractivity contribution in [3.63, 3.8) is 0 Å². The summed E-state index contributed by atoms with van der Waals surface area (Å²) in [5, 5.41) is 17.7. The maximum absolute atomic E-state index is 13.1. The van der Waals surface area contributed by atoms with Crippen LogP contribution in [0, 0.1) is 17.1 Å². The molecule has 0 radical (unpaired) electrons. The Morgan fingerprint density at radius 1 is 1.57 bits per heavy atom. The van der Waals surface area contributed by atoms with Gasteiger partial charge in [0.1, 0.15) is 11.9 Å². The minimum absolute atomic E-state index is 0.0217. The molecule has 0 unspecified atom stereocenters. The maximum Gasteiger partial charge on any atom is 0.141 e. The smallest absolute Gasteiger partial charge is 0.141 e. The predicted molar refractivity (Wildman–Crippen MR) is 49.7 cm³/mol. The molecule has 1 aromatic rings. The van der Waals surface area contributed by atoms with Crippen LogP contribution in [0.5, 0.6) is 0 Å². The number of nitrogens with two attached hydrogens (primary N) is 1. The lowest BCUT2D eigenvalue weighted by Gasteiger charge is -2.14. The average Bonchev–Trinajstić information content (AvgIpc) is 2.16. The molecule has 3 nitrogen and oxygen atoms in total. The number of benzene rings is 1. The fourth-order valence-corrected chi connectivity index (χ4v) is 1.11. The molecule has 1 aromatic carbocycles. The summed E-state index contributed by atoms with van der Waals surface area (Å²) in [5.41, 5.74) is 6.06. The van der Waals surface area contributed by atoms with Gasteiger partial charge in [-0.2, -0.15) is 5.26 Å². The largest absolute Gasteiger partial charge is 0.391 e. The molecule has 0 amide bonds. The van der Waals surface area contributed by atoms with Crippen LogP contribution < -0.4 is 5.73 Å². The summed E-state index contributed by atoms with van der Waals surface area (Å²) < 4.78 is 13.1. The first kappa shape index (κ1) is 10.6. The predicted octanol–water partition coefficient (Wildman–Crippen LogP) is 1.08. The molecule has 0 aliphatic heterocycles. The molecule has 2 atom stereocenters. The van der Waals surface area contributed by atoms with Crippen LogP contribution in [0.2, 0.25) is 0 Å². The second-order valence-electron chi connectivity index (χ2n) is 3.12. The highest BCUT2D eigenvalue weighted by atomic mass is 19.1. The van der Waals surface area contributed by atoms with E-state index in [1.165, 1.54) is 19.1 Å². The Labute approximate surface area is 81.6 Å². The Kier molecular flexibility index (Phi) is 3.18. The molecular weight excluding hydrogens is 183 g/mol. The number of aliphatic hydroxyl groups is 1. The van der Waals surface area contributed by atoms with Crippen LogP contribution in [0.25, 0.3) is 0 Å². The van der Waals surface area contributed by atoms with Crippen molar-refractivity contribution in [2.24, 2.45) is 5.73 Å². The summed E-state index contributed by atoms with van der Waals surface area (Å²) in [4.78, 5) is 0. The van der Waals surface area contributed by atoms with Crippen molar-refractivity contribution < 1.29 is 9.50 Å². The molecule has 0 aromatic heterocycles. The number of aliphatic hydroxyl groups excluding tert-OH is 1. The fraction of sp³-hybridized carbons (Fsp3) is 0.300. The number of nitriles is 1. The van der Waals surface area contributed by atoms with E-state index in [0.717, 1.165) is 0 Å². The van der Waals surface area contributed by atoms with Gasteiger partial charge in [-0.05, 0) is 24.6 Å². The summed E-state index contributed by atoms with van der Waals surface area (Å²) in [6.07, 6.45) is -0.748. The number of halogens is 1. The molecule has 74 valence electrons. The molecule has 3 N–H and O–H groups in total. The van der Waals surface area contributed by atoms with Crippen molar-refractivity contribution >= 4 is 0 Å². The van der Waals surface area contributed by atoms with Gasteiger partial charge in [0.05, 0.1) is 17.7 Å². The standard InChI is InChI=1S/C10H11FN2O/c1-6(14)10(13)7-2-3-8(5-12)9(11)4-7/h2-4,6,10,14H,13H2,1H3/t6-,10-/m1/s1. The van der Waals surface area contributed by atoms with Gasteiger partial charge in [-0.3, -0.25) is 0 Å². The molecule has 0 fully saturated rings. The van der Waals surface area contributed by atoms with Crippen LogP contribution in [0.3, 0.4) is 0 Å². The summed E-state index contributed by atoms with van der Waals surface area (Å²) in [5.74, 6) is -0.610. The molecule has 0 saturated carbocycles. The Morgan fingerprint density at radius 2 is 2.21 bits per heavy atom. The van der Waals surface area contributed by atoms with E-state index in [4.69, 9.17) is 11.0 Å². The Bertz CT molecular complexity index is 371. The number of nitrogens with zero attached hydrogens (tertiary/aromatic N) is 1. The van der Waals surface area contributed by atoms with Gasteiger partial charge < -0.3 is 10.8 Å². The van der Waals surface area contributed by atoms with E-state index in [1.807, 2.05) is 0 Å². The van der Waals surface area contributed by atoms with Gasteiger partial charge in [-0.15, -0.1) is 0 Å². The first-order chi connectivity index (χ1) is 6.56. The molecule has 1 rings (SSSR count). The quantitative estimate of drug-likeness (QED) is 0.740. The molecular formula is C10H11FN2O. The number of hydrogen-bond donors (Lipinski definition) is 2. The molecule has 0 aliphatic carbocycles. The summed E-state index contributed by atoms with van der Waals surface area (Å²) >= 11 is 0. The van der Waals surface area contributed by atoms with E-state index in [2.05, 4.69) is 0 Å². The minimum Gasteiger partial charge on any atom is -0.391 e. The fourth-order valence-electron chi connectivity index (χ4n) is 1.11. The molecule has 0 aliphatic rings. The zero-order valence-corrected chi connectivity index (χ0v) is 7.74. The molecule has 0 heterocycles. The summed E-state index contributed by atoms with van der Waals surface area (Å²) in [6, 6.07) is 5.16. The molecule has 0 spiro atoms. The van der Waals surface area contributed by atoms with E-state index >= 15 is 0 Å². The highest BCUT2D eigenvalue weighted by Gasteiger charge is 2.13. The second-order valence-corrected chi connectivity index (χ2v) is 3.12. The molecule has 0 bridgehead atoms. The topological polar surface area (TPSA) is 70.0 Å². The third kappa shape index (κ3) is 2.08. The molecule has 4 heteroatoms. The van der Waals surface area contributed by atoms with Crippen LogP contribution in [-0.2, 0) is 0 Å². The van der Waals surface area contributed by atoms with Crippen LogP contribution >= 0.6 is 0 Å². The van der Waals surface area contributed by atoms with E-state index in [0.29, 0.717) is 5.56 Å². The summed E-state index contributed by atoms with van der Waals surface area (Å²) in [7, 11) is 0. The van der Waals surface area contributed by atoms with Gasteiger partial charge in [-0.1, -0.05) is 6.07 Å². The monoisotopic (exact) mass is 194 g/mol. The zero-order valence-electron chi connectivity index (χ0n) is 7.74. The zero-order chi connectivity index (χ0) is 10.7. The van der Waals surface area contributed by atoms with Gasteiger partial charge in [0.2, 0.25) is 0 Å². The van der Waals surface area contributed by atoms with Crippen molar-refractivity contribution in [2.45, 2.75) is 19.1 Å². The van der Waals surface area contributed by atoms with E-state index < -0.39 is 18.0 Å². The van der Waals surface area contributed by atoms with E-state index in [-0.39, 0.29) is 5.56 Å². The van der Waals surface area contributed by atoms with Crippen molar-refractivity contribution in [3.05, 3.63) is 35.1 Å². The average molecular weight is 194 g/mol. The van der Waals surface area contributed by atoms with E-state index in [1.54, 1.807) is 12.1 Å². The highest BCUT2D eigenvalue weighted by molar-refractivity contribution is 5.34. The lowest BCUT2D eigenvalue weighted by atomic mass is 10.0. The Hall–Kier alpha value is -1.44. The normalized spacial score (nSPS) is 14.5. The third-order valence-electron chi connectivity index (χ3n) is 2.02.